The summed E-state index contributed by atoms with van der Waals surface area (Å²) in [5.41, 5.74) is 7.02. The Labute approximate surface area is 204 Å². The van der Waals surface area contributed by atoms with E-state index in [1.807, 2.05) is 79.7 Å². The van der Waals surface area contributed by atoms with Crippen molar-refractivity contribution >= 4 is 23.7 Å². The number of hydrogen-bond acceptors (Lipinski definition) is 4. The van der Waals surface area contributed by atoms with Crippen LogP contribution in [-0.4, -0.2) is 18.0 Å². The lowest BCUT2D eigenvalue weighted by Crippen LogP contribution is -2.18. The van der Waals surface area contributed by atoms with Crippen LogP contribution in [0.5, 0.6) is 5.75 Å². The number of ether oxygens (including phenoxy) is 1. The van der Waals surface area contributed by atoms with Crippen molar-refractivity contribution in [2.24, 2.45) is 5.10 Å². The Bertz CT molecular complexity index is 1330. The number of hydrogen-bond donors (Lipinski definition) is 2. The molecular weight excluding hydrogens is 438 g/mol. The van der Waals surface area contributed by atoms with Crippen molar-refractivity contribution < 1.29 is 14.3 Å². The van der Waals surface area contributed by atoms with Crippen molar-refractivity contribution in [3.8, 4) is 5.75 Å². The van der Waals surface area contributed by atoms with Crippen molar-refractivity contribution in [3.63, 3.8) is 0 Å². The van der Waals surface area contributed by atoms with Gasteiger partial charge in [0.15, 0.2) is 0 Å². The minimum Gasteiger partial charge on any atom is -0.489 e. The second-order valence-electron chi connectivity index (χ2n) is 7.95. The normalized spacial score (nSPS) is 10.7. The summed E-state index contributed by atoms with van der Waals surface area (Å²) in [7, 11) is 0. The van der Waals surface area contributed by atoms with Crippen LogP contribution in [0.2, 0.25) is 0 Å². The molecule has 0 fully saturated rings. The van der Waals surface area contributed by atoms with E-state index in [1.165, 1.54) is 0 Å². The lowest BCUT2D eigenvalue weighted by molar-refractivity contribution is 0.0954. The molecule has 6 heteroatoms. The molecular formula is C29H25N3O3. The molecule has 0 saturated heterocycles. The fourth-order valence-electron chi connectivity index (χ4n) is 3.35. The van der Waals surface area contributed by atoms with Crippen LogP contribution in [0.4, 0.5) is 5.69 Å². The SMILES string of the molecule is Cc1cccc(C(=O)Nc2ccc(C(=O)N/N=C/c3cccc(OCc4ccccc4)c3)cc2)c1. The summed E-state index contributed by atoms with van der Waals surface area (Å²) in [4.78, 5) is 24.8. The molecule has 0 aliphatic carbocycles. The fourth-order valence-corrected chi connectivity index (χ4v) is 3.35. The first kappa shape index (κ1) is 23.4. The molecule has 4 aromatic carbocycles. The molecule has 174 valence electrons. The Morgan fingerprint density at radius 1 is 0.800 bits per heavy atom. The van der Waals surface area contributed by atoms with E-state index in [9.17, 15) is 9.59 Å². The summed E-state index contributed by atoms with van der Waals surface area (Å²) in [6.45, 7) is 2.41. The molecule has 0 radical (unpaired) electrons. The van der Waals surface area contributed by atoms with E-state index < -0.39 is 0 Å². The fraction of sp³-hybridized carbons (Fsp3) is 0.0690. The van der Waals surface area contributed by atoms with Gasteiger partial charge in [-0.05, 0) is 66.6 Å². The van der Waals surface area contributed by atoms with Gasteiger partial charge in [-0.25, -0.2) is 5.43 Å². The highest BCUT2D eigenvalue weighted by Gasteiger charge is 2.08. The third-order valence-electron chi connectivity index (χ3n) is 5.17. The second kappa shape index (κ2) is 11.4. The molecule has 0 atom stereocenters. The number of amides is 2. The molecule has 4 rings (SSSR count). The molecule has 2 N–H and O–H groups in total. The average molecular weight is 464 g/mol. The van der Waals surface area contributed by atoms with Crippen molar-refractivity contribution in [3.05, 3.63) is 131 Å². The van der Waals surface area contributed by atoms with Crippen molar-refractivity contribution in [1.29, 1.82) is 0 Å². The molecule has 0 aliphatic rings. The first-order valence-corrected chi connectivity index (χ1v) is 11.1. The van der Waals surface area contributed by atoms with Crippen LogP contribution in [0.15, 0.2) is 108 Å². The molecule has 0 unspecified atom stereocenters. The molecule has 0 spiro atoms. The van der Waals surface area contributed by atoms with Gasteiger partial charge in [0.25, 0.3) is 11.8 Å². The van der Waals surface area contributed by atoms with E-state index >= 15 is 0 Å². The lowest BCUT2D eigenvalue weighted by atomic mass is 10.1. The molecule has 0 aliphatic heterocycles. The maximum Gasteiger partial charge on any atom is 0.271 e. The van der Waals surface area contributed by atoms with Crippen LogP contribution in [0.3, 0.4) is 0 Å². The number of hydrazone groups is 1. The molecule has 0 heterocycles. The Morgan fingerprint density at radius 2 is 1.57 bits per heavy atom. The second-order valence-corrected chi connectivity index (χ2v) is 7.95. The summed E-state index contributed by atoms with van der Waals surface area (Å²) in [5.74, 6) is 0.159. The Kier molecular flexibility index (Phi) is 7.66. The number of benzene rings is 4. The first-order valence-electron chi connectivity index (χ1n) is 11.1. The Hall–Kier alpha value is -4.71. The van der Waals surface area contributed by atoms with Crippen LogP contribution >= 0.6 is 0 Å². The number of nitrogens with one attached hydrogen (secondary N) is 2. The highest BCUT2D eigenvalue weighted by atomic mass is 16.5. The molecule has 0 aromatic heterocycles. The van der Waals surface area contributed by atoms with Crippen LogP contribution < -0.4 is 15.5 Å². The predicted octanol–water partition coefficient (Wildman–Crippen LogP) is 5.59. The van der Waals surface area contributed by atoms with E-state index in [0.29, 0.717) is 29.2 Å². The molecule has 4 aromatic rings. The van der Waals surface area contributed by atoms with E-state index in [1.54, 1.807) is 36.5 Å². The van der Waals surface area contributed by atoms with Crippen LogP contribution in [0.1, 0.15) is 37.4 Å². The van der Waals surface area contributed by atoms with Gasteiger partial charge in [-0.3, -0.25) is 9.59 Å². The number of aryl methyl sites for hydroxylation is 1. The van der Waals surface area contributed by atoms with Crippen LogP contribution in [0, 0.1) is 6.92 Å². The molecule has 35 heavy (non-hydrogen) atoms. The number of anilines is 1. The lowest BCUT2D eigenvalue weighted by Gasteiger charge is -2.07. The van der Waals surface area contributed by atoms with Gasteiger partial charge in [0.05, 0.1) is 6.21 Å². The highest BCUT2D eigenvalue weighted by Crippen LogP contribution is 2.15. The summed E-state index contributed by atoms with van der Waals surface area (Å²) < 4.78 is 5.82. The van der Waals surface area contributed by atoms with Gasteiger partial charge in [-0.15, -0.1) is 0 Å². The van der Waals surface area contributed by atoms with Gasteiger partial charge in [0.1, 0.15) is 12.4 Å². The van der Waals surface area contributed by atoms with Crippen LogP contribution in [0.25, 0.3) is 0 Å². The Balaban J connectivity index is 1.29. The minimum atomic E-state index is -0.353. The highest BCUT2D eigenvalue weighted by molar-refractivity contribution is 6.04. The summed E-state index contributed by atoms with van der Waals surface area (Å²) in [5, 5.41) is 6.88. The largest absolute Gasteiger partial charge is 0.489 e. The minimum absolute atomic E-state index is 0.203. The monoisotopic (exact) mass is 463 g/mol. The van der Waals surface area contributed by atoms with E-state index in [0.717, 1.165) is 16.7 Å². The maximum atomic E-state index is 12.4. The molecule has 0 saturated carbocycles. The average Bonchev–Trinajstić information content (AvgIpc) is 2.89. The van der Waals surface area contributed by atoms with E-state index in [4.69, 9.17) is 4.74 Å². The van der Waals surface area contributed by atoms with Crippen LogP contribution in [-0.2, 0) is 6.61 Å². The predicted molar refractivity (Wildman–Crippen MR) is 138 cm³/mol. The number of nitrogens with zero attached hydrogens (tertiary/aromatic N) is 1. The van der Waals surface area contributed by atoms with Gasteiger partial charge in [-0.1, -0.05) is 60.2 Å². The smallest absolute Gasteiger partial charge is 0.271 e. The zero-order valence-electron chi connectivity index (χ0n) is 19.3. The molecule has 6 nitrogen and oxygen atoms in total. The summed E-state index contributed by atoms with van der Waals surface area (Å²) in [6.07, 6.45) is 1.56. The summed E-state index contributed by atoms with van der Waals surface area (Å²) in [6, 6.07) is 31.4. The van der Waals surface area contributed by atoms with Gasteiger partial charge >= 0.3 is 0 Å². The quantitative estimate of drug-likeness (QED) is 0.264. The third kappa shape index (κ3) is 6.88. The standard InChI is InChI=1S/C29H25N3O3/c1-21-7-5-11-25(17-21)28(33)31-26-15-13-24(14-16-26)29(34)32-30-19-23-10-6-12-27(18-23)35-20-22-8-3-2-4-9-22/h2-19H,20H2,1H3,(H,31,33)(H,32,34)/b30-19+. The van der Waals surface area contributed by atoms with Gasteiger partial charge < -0.3 is 10.1 Å². The third-order valence-corrected chi connectivity index (χ3v) is 5.17. The Morgan fingerprint density at radius 3 is 2.34 bits per heavy atom. The number of carbonyl (C=O) groups excluding carboxylic acids is 2. The van der Waals surface area contributed by atoms with Crippen molar-refractivity contribution in [2.75, 3.05) is 5.32 Å². The van der Waals surface area contributed by atoms with Gasteiger partial charge in [0.2, 0.25) is 0 Å². The maximum absolute atomic E-state index is 12.4. The van der Waals surface area contributed by atoms with E-state index in [2.05, 4.69) is 15.8 Å². The van der Waals surface area contributed by atoms with Gasteiger partial charge in [0, 0.05) is 16.8 Å². The zero-order valence-corrected chi connectivity index (χ0v) is 19.3. The van der Waals surface area contributed by atoms with E-state index in [-0.39, 0.29) is 11.8 Å². The molecule has 2 amide bonds. The summed E-state index contributed by atoms with van der Waals surface area (Å²) >= 11 is 0. The molecule has 0 bridgehead atoms. The van der Waals surface area contributed by atoms with Gasteiger partial charge in [-0.2, -0.15) is 5.10 Å². The number of carbonyl (C=O) groups is 2. The van der Waals surface area contributed by atoms with Crippen molar-refractivity contribution in [2.45, 2.75) is 13.5 Å². The zero-order chi connectivity index (χ0) is 24.5. The van der Waals surface area contributed by atoms with Crippen molar-refractivity contribution in [1.82, 2.24) is 5.43 Å². The number of rotatable bonds is 8. The first-order chi connectivity index (χ1) is 17.1. The topological polar surface area (TPSA) is 79.8 Å².